The second kappa shape index (κ2) is 11.9. The third kappa shape index (κ3) is 5.65. The van der Waals surface area contributed by atoms with Gasteiger partial charge in [0.05, 0.1) is 5.03 Å². The minimum Gasteiger partial charge on any atom is -0.477 e. The third-order valence-electron chi connectivity index (χ3n) is 6.09. The zero-order valence-corrected chi connectivity index (χ0v) is 24.0. The number of nitrogens with zero attached hydrogens (tertiary/aromatic N) is 6. The van der Waals surface area contributed by atoms with E-state index >= 15 is 0 Å². The average Bonchev–Trinajstić information content (AvgIpc) is 3.58. The Morgan fingerprint density at radius 3 is 2.92 bits per heavy atom. The van der Waals surface area contributed by atoms with Gasteiger partial charge < -0.3 is 25.9 Å². The summed E-state index contributed by atoms with van der Waals surface area (Å²) >= 11 is 4.01. The smallest absolute Gasteiger partial charge is 0.352 e. The molecule has 0 unspecified atom stereocenters. The largest absolute Gasteiger partial charge is 0.477 e. The fraction of sp³-hybridized carbons (Fsp3) is 0.333. The number of carbonyl (C=O) groups is 3. The van der Waals surface area contributed by atoms with E-state index in [9.17, 15) is 19.5 Å². The number of fused-ring (bicyclic) bond motifs is 2. The van der Waals surface area contributed by atoms with Crippen LogP contribution in [0.5, 0.6) is 0 Å². The number of aliphatic carboxylic acids is 1. The van der Waals surface area contributed by atoms with E-state index in [1.807, 2.05) is 47.8 Å². The number of amides is 2. The molecule has 0 radical (unpaired) electrons. The van der Waals surface area contributed by atoms with Crippen molar-refractivity contribution in [3.05, 3.63) is 52.9 Å². The lowest BCUT2D eigenvalue weighted by atomic mass is 10.0. The van der Waals surface area contributed by atoms with E-state index in [-0.39, 0.29) is 28.8 Å². The molecule has 0 saturated carbocycles. The molecule has 5 heterocycles. The van der Waals surface area contributed by atoms with Gasteiger partial charge in [0.1, 0.15) is 35.1 Å². The van der Waals surface area contributed by atoms with Crippen LogP contribution in [0.2, 0.25) is 0 Å². The fourth-order valence-corrected chi connectivity index (χ4v) is 7.19. The number of pyridine rings is 1. The van der Waals surface area contributed by atoms with Crippen molar-refractivity contribution in [2.75, 3.05) is 44.5 Å². The zero-order chi connectivity index (χ0) is 28.4. The van der Waals surface area contributed by atoms with Crippen LogP contribution < -0.4 is 11.1 Å². The normalized spacial score (nSPS) is 19.1. The molecule has 0 bridgehead atoms. The van der Waals surface area contributed by atoms with Gasteiger partial charge in [0.2, 0.25) is 0 Å². The van der Waals surface area contributed by atoms with Gasteiger partial charge in [-0.2, -0.15) is 0 Å². The lowest BCUT2D eigenvalue weighted by Gasteiger charge is -2.49. The number of nitrogens with one attached hydrogen (secondary N) is 1. The molecular weight excluding hydrogens is 577 g/mol. The van der Waals surface area contributed by atoms with Gasteiger partial charge in [-0.05, 0) is 31.8 Å². The molecule has 40 heavy (non-hydrogen) atoms. The van der Waals surface area contributed by atoms with E-state index in [1.54, 1.807) is 11.6 Å². The summed E-state index contributed by atoms with van der Waals surface area (Å²) in [4.78, 5) is 55.5. The predicted octanol–water partition coefficient (Wildman–Crippen LogP) is 1.19. The van der Waals surface area contributed by atoms with Crippen LogP contribution in [0.15, 0.2) is 57.4 Å². The lowest BCUT2D eigenvalue weighted by Crippen LogP contribution is -2.71. The molecule has 4 N–H and O–H groups in total. The molecule has 1 fully saturated rings. The van der Waals surface area contributed by atoms with Gasteiger partial charge in [-0.3, -0.25) is 18.9 Å². The van der Waals surface area contributed by atoms with Gasteiger partial charge in [0.15, 0.2) is 10.8 Å². The molecule has 13 nitrogen and oxygen atoms in total. The van der Waals surface area contributed by atoms with Gasteiger partial charge in [-0.25, -0.2) is 14.8 Å². The number of nitrogen functional groups attached to an aromatic ring is 1. The van der Waals surface area contributed by atoms with Crippen LogP contribution in [0.1, 0.15) is 5.69 Å². The number of thioether (sulfide) groups is 2. The van der Waals surface area contributed by atoms with Crippen molar-refractivity contribution < 1.29 is 24.3 Å². The molecule has 210 valence electrons. The highest BCUT2D eigenvalue weighted by Crippen LogP contribution is 2.41. The first kappa shape index (κ1) is 27.9. The van der Waals surface area contributed by atoms with Crippen molar-refractivity contribution in [3.8, 4) is 0 Å². The minimum atomic E-state index is -1.19. The molecule has 16 heteroatoms. The minimum absolute atomic E-state index is 0.0438. The van der Waals surface area contributed by atoms with Crippen molar-refractivity contribution in [2.24, 2.45) is 5.16 Å². The molecule has 0 aliphatic carbocycles. The molecule has 3 aromatic heterocycles. The van der Waals surface area contributed by atoms with E-state index in [4.69, 9.17) is 10.6 Å². The van der Waals surface area contributed by atoms with Crippen LogP contribution in [0.4, 0.5) is 5.13 Å². The number of likely N-dealkylation sites (N-methyl/N-ethyl adjacent to an activating group) is 1. The van der Waals surface area contributed by atoms with Crippen LogP contribution in [0, 0.1) is 0 Å². The second-order valence-electron chi connectivity index (χ2n) is 9.07. The Hall–Kier alpha value is -3.60. The number of hydrogen-bond acceptors (Lipinski definition) is 12. The molecule has 2 amide bonds. The number of nitrogens with two attached hydrogens (primary N) is 1. The van der Waals surface area contributed by atoms with E-state index in [0.717, 1.165) is 22.0 Å². The monoisotopic (exact) mass is 602 g/mol. The number of carbonyl (C=O) groups excluding carboxylic acids is 2. The first-order chi connectivity index (χ1) is 19.2. The first-order valence-corrected chi connectivity index (χ1v) is 15.0. The maximum Gasteiger partial charge on any atom is 0.352 e. The van der Waals surface area contributed by atoms with Crippen molar-refractivity contribution in [1.82, 2.24) is 29.5 Å². The van der Waals surface area contributed by atoms with Crippen molar-refractivity contribution >= 4 is 69.1 Å². The summed E-state index contributed by atoms with van der Waals surface area (Å²) in [5.41, 5.74) is 7.23. The molecule has 1 saturated heterocycles. The second-order valence-corrected chi connectivity index (χ2v) is 12.1. The Morgan fingerprint density at radius 1 is 1.38 bits per heavy atom. The maximum atomic E-state index is 13.2. The summed E-state index contributed by atoms with van der Waals surface area (Å²) in [7, 11) is 3.75. The predicted molar refractivity (Wildman–Crippen MR) is 153 cm³/mol. The van der Waals surface area contributed by atoms with Crippen LogP contribution in [-0.2, 0) is 19.2 Å². The number of β-lactam (4-membered cyclic amide) rings is 1. The van der Waals surface area contributed by atoms with E-state index in [1.165, 1.54) is 28.4 Å². The van der Waals surface area contributed by atoms with E-state index in [0.29, 0.717) is 23.6 Å². The summed E-state index contributed by atoms with van der Waals surface area (Å²) in [6, 6.07) is 4.78. The number of anilines is 1. The number of aromatic nitrogens is 3. The number of carboxylic acids is 1. The summed E-state index contributed by atoms with van der Waals surface area (Å²) < 4.78 is 1.92. The quantitative estimate of drug-likeness (QED) is 0.0948. The van der Waals surface area contributed by atoms with Crippen LogP contribution in [-0.4, -0.2) is 103 Å². The molecule has 0 aromatic carbocycles. The van der Waals surface area contributed by atoms with Gasteiger partial charge in [0, 0.05) is 35.8 Å². The number of oxime groups is 1. The average molecular weight is 603 g/mol. The summed E-state index contributed by atoms with van der Waals surface area (Å²) in [6.07, 6.45) is 3.54. The SMILES string of the molecule is CN(C)CCO/N=C(\C(=O)N[C@@H]1C(=O)N2C(C(=O)O)=C(CSc3cccc4nccn34)CS[C@H]12)c1csc(N)n1. The fourth-order valence-electron chi connectivity index (χ4n) is 4.14. The molecule has 2 aliphatic rings. The summed E-state index contributed by atoms with van der Waals surface area (Å²) in [5, 5.41) is 18.8. The topological polar surface area (TPSA) is 168 Å². The molecule has 2 aliphatic heterocycles. The number of rotatable bonds is 11. The summed E-state index contributed by atoms with van der Waals surface area (Å²) in [5.74, 6) is -1.58. The van der Waals surface area contributed by atoms with Gasteiger partial charge in [0.25, 0.3) is 11.8 Å². The highest BCUT2D eigenvalue weighted by atomic mass is 32.2. The molecular formula is C24H26N8O5S3. The highest BCUT2D eigenvalue weighted by Gasteiger charge is 2.54. The van der Waals surface area contributed by atoms with Crippen LogP contribution in [0.25, 0.3) is 5.65 Å². The standard InChI is InChI=1S/C24H26N8O5S3/c1-30(2)8-9-37-29-17(14-12-40-24(25)27-14)20(33)28-18-21(34)32-19(23(35)36)13(11-39-22(18)32)10-38-16-5-3-4-15-26-6-7-31(15)16/h3-7,12,18,22H,8-11H2,1-2H3,(H2,25,27)(H,28,33)(H,35,36)/b29-17-/t18-,22-/m1/s1. The first-order valence-electron chi connectivity index (χ1n) is 12.1. The lowest BCUT2D eigenvalue weighted by molar-refractivity contribution is -0.150. The molecule has 2 atom stereocenters. The number of carboxylic acid groups (broad SMARTS) is 1. The molecule has 3 aromatic rings. The number of imidazole rings is 1. The van der Waals surface area contributed by atoms with Gasteiger partial charge >= 0.3 is 5.97 Å². The Bertz CT molecular complexity index is 1520. The van der Waals surface area contributed by atoms with Crippen molar-refractivity contribution in [3.63, 3.8) is 0 Å². The Balaban J connectivity index is 1.30. The van der Waals surface area contributed by atoms with Crippen LogP contribution >= 0.6 is 34.9 Å². The van der Waals surface area contributed by atoms with Crippen LogP contribution in [0.3, 0.4) is 0 Å². The molecule has 5 rings (SSSR count). The maximum absolute atomic E-state index is 13.2. The van der Waals surface area contributed by atoms with Crippen molar-refractivity contribution in [1.29, 1.82) is 0 Å². The molecule has 0 spiro atoms. The van der Waals surface area contributed by atoms with E-state index in [2.05, 4.69) is 20.4 Å². The van der Waals surface area contributed by atoms with Gasteiger partial charge in [-0.1, -0.05) is 11.2 Å². The van der Waals surface area contributed by atoms with Gasteiger partial charge in [-0.15, -0.1) is 34.9 Å². The Labute approximate surface area is 241 Å². The Kier molecular flexibility index (Phi) is 8.30. The number of thiazole rings is 1. The Morgan fingerprint density at radius 2 is 2.20 bits per heavy atom. The summed E-state index contributed by atoms with van der Waals surface area (Å²) in [6.45, 7) is 0.815. The third-order valence-corrected chi connectivity index (χ3v) is 9.22. The van der Waals surface area contributed by atoms with E-state index < -0.39 is 29.2 Å². The highest BCUT2D eigenvalue weighted by molar-refractivity contribution is 8.01. The van der Waals surface area contributed by atoms with Crippen molar-refractivity contribution in [2.45, 2.75) is 16.4 Å². The number of hydrogen-bond donors (Lipinski definition) is 3. The zero-order valence-electron chi connectivity index (χ0n) is 21.5.